The fourth-order valence-corrected chi connectivity index (χ4v) is 2.54. The summed E-state index contributed by atoms with van der Waals surface area (Å²) in [5.41, 5.74) is 0. The largest absolute Gasteiger partial charge is 0.341 e. The maximum absolute atomic E-state index is 11.5. The number of hydrogen-bond donors (Lipinski definition) is 1. The van der Waals surface area contributed by atoms with Gasteiger partial charge in [0.25, 0.3) is 0 Å². The van der Waals surface area contributed by atoms with Gasteiger partial charge in [-0.2, -0.15) is 0 Å². The van der Waals surface area contributed by atoms with Crippen molar-refractivity contribution in [3.63, 3.8) is 0 Å². The van der Waals surface area contributed by atoms with Crippen molar-refractivity contribution in [3.8, 4) is 0 Å². The number of amides is 1. The van der Waals surface area contributed by atoms with Gasteiger partial charge in [-0.15, -0.1) is 0 Å². The van der Waals surface area contributed by atoms with E-state index in [1.165, 1.54) is 0 Å². The quantitative estimate of drug-likeness (QED) is 0.693. The molecule has 2 saturated heterocycles. The van der Waals surface area contributed by atoms with Crippen LogP contribution in [0.2, 0.25) is 0 Å². The van der Waals surface area contributed by atoms with Crippen molar-refractivity contribution in [1.29, 1.82) is 0 Å². The topological polar surface area (TPSA) is 35.6 Å². The molecule has 0 aliphatic carbocycles. The van der Waals surface area contributed by atoms with E-state index in [-0.39, 0.29) is 0 Å². The van der Waals surface area contributed by atoms with Gasteiger partial charge in [0, 0.05) is 51.7 Å². The lowest BCUT2D eigenvalue weighted by Crippen LogP contribution is -2.49. The maximum atomic E-state index is 11.5. The first-order valence-electron chi connectivity index (χ1n) is 6.04. The van der Waals surface area contributed by atoms with Crippen molar-refractivity contribution in [3.05, 3.63) is 0 Å². The van der Waals surface area contributed by atoms with Crippen LogP contribution < -0.4 is 5.32 Å². The lowest BCUT2D eigenvalue weighted by atomic mass is 10.2. The van der Waals surface area contributed by atoms with Gasteiger partial charge in [-0.05, 0) is 6.42 Å². The van der Waals surface area contributed by atoms with E-state index in [1.54, 1.807) is 0 Å². The van der Waals surface area contributed by atoms with E-state index >= 15 is 0 Å². The van der Waals surface area contributed by atoms with Crippen LogP contribution in [0.25, 0.3) is 0 Å². The monoisotopic (exact) mass is 211 g/mol. The predicted molar refractivity (Wildman–Crippen MR) is 59.7 cm³/mol. The van der Waals surface area contributed by atoms with Gasteiger partial charge in [0.05, 0.1) is 0 Å². The van der Waals surface area contributed by atoms with Gasteiger partial charge < -0.3 is 10.2 Å². The average molecular weight is 211 g/mol. The highest BCUT2D eigenvalue weighted by Gasteiger charge is 2.29. The van der Waals surface area contributed by atoms with Crippen LogP contribution in [-0.2, 0) is 4.79 Å². The maximum Gasteiger partial charge on any atom is 0.222 e. The number of nitrogens with zero attached hydrogens (tertiary/aromatic N) is 2. The smallest absolute Gasteiger partial charge is 0.222 e. The first kappa shape index (κ1) is 10.9. The number of carbonyl (C=O) groups excluding carboxylic acids is 1. The number of piperazine rings is 1. The van der Waals surface area contributed by atoms with Crippen LogP contribution in [0.4, 0.5) is 0 Å². The standard InChI is InChI=1S/C11H21N3O/c1-2-11(15)14-6-3-10(9-14)13-7-4-12-5-8-13/h10,12H,2-9H2,1H3. The SMILES string of the molecule is CCC(=O)N1CCC(N2CCNCC2)C1. The second kappa shape index (κ2) is 4.94. The van der Waals surface area contributed by atoms with Gasteiger partial charge >= 0.3 is 0 Å². The fraction of sp³-hybridized carbons (Fsp3) is 0.909. The third-order valence-corrected chi connectivity index (χ3v) is 3.49. The van der Waals surface area contributed by atoms with Crippen molar-refractivity contribution in [2.45, 2.75) is 25.8 Å². The molecule has 2 fully saturated rings. The highest BCUT2D eigenvalue weighted by molar-refractivity contribution is 5.76. The average Bonchev–Trinajstić information content (AvgIpc) is 2.78. The number of carbonyl (C=O) groups is 1. The molecule has 86 valence electrons. The molecule has 15 heavy (non-hydrogen) atoms. The van der Waals surface area contributed by atoms with Crippen LogP contribution in [0.5, 0.6) is 0 Å². The van der Waals surface area contributed by atoms with E-state index in [0.29, 0.717) is 18.4 Å². The van der Waals surface area contributed by atoms with E-state index in [2.05, 4.69) is 10.2 Å². The Hall–Kier alpha value is -0.610. The summed E-state index contributed by atoms with van der Waals surface area (Å²) in [5, 5.41) is 3.36. The van der Waals surface area contributed by atoms with Crippen molar-refractivity contribution in [1.82, 2.24) is 15.1 Å². The molecule has 2 aliphatic heterocycles. The number of rotatable bonds is 2. The summed E-state index contributed by atoms with van der Waals surface area (Å²) in [4.78, 5) is 16.1. The Labute approximate surface area is 91.6 Å². The van der Waals surface area contributed by atoms with E-state index in [0.717, 1.165) is 45.7 Å². The minimum Gasteiger partial charge on any atom is -0.341 e. The van der Waals surface area contributed by atoms with Gasteiger partial charge in [-0.1, -0.05) is 6.92 Å². The van der Waals surface area contributed by atoms with E-state index in [4.69, 9.17) is 0 Å². The Morgan fingerprint density at radius 1 is 1.33 bits per heavy atom. The molecule has 2 aliphatic rings. The van der Waals surface area contributed by atoms with Gasteiger partial charge in [-0.25, -0.2) is 0 Å². The minimum absolute atomic E-state index is 0.313. The van der Waals surface area contributed by atoms with Crippen molar-refractivity contribution in [2.24, 2.45) is 0 Å². The highest BCUT2D eigenvalue weighted by Crippen LogP contribution is 2.16. The minimum atomic E-state index is 0.313. The molecule has 0 spiro atoms. The Morgan fingerprint density at radius 2 is 2.07 bits per heavy atom. The van der Waals surface area contributed by atoms with Crippen LogP contribution in [0.15, 0.2) is 0 Å². The Kier molecular flexibility index (Phi) is 3.59. The zero-order valence-electron chi connectivity index (χ0n) is 9.54. The first-order valence-corrected chi connectivity index (χ1v) is 6.04. The molecule has 0 aromatic heterocycles. The van der Waals surface area contributed by atoms with Crippen molar-refractivity contribution < 1.29 is 4.79 Å². The number of hydrogen-bond acceptors (Lipinski definition) is 3. The molecule has 1 amide bonds. The zero-order valence-corrected chi connectivity index (χ0v) is 9.54. The van der Waals surface area contributed by atoms with Crippen LogP contribution in [0, 0.1) is 0 Å². The molecular weight excluding hydrogens is 190 g/mol. The predicted octanol–water partition coefficient (Wildman–Crippen LogP) is -0.0975. The molecule has 2 rings (SSSR count). The second-order valence-corrected chi connectivity index (χ2v) is 4.42. The van der Waals surface area contributed by atoms with E-state index in [1.807, 2.05) is 11.8 Å². The Morgan fingerprint density at radius 3 is 2.73 bits per heavy atom. The molecule has 0 aromatic carbocycles. The summed E-state index contributed by atoms with van der Waals surface area (Å²) in [6, 6.07) is 0.614. The molecule has 4 heteroatoms. The molecule has 1 unspecified atom stereocenters. The molecule has 0 radical (unpaired) electrons. The highest BCUT2D eigenvalue weighted by atomic mass is 16.2. The molecule has 2 heterocycles. The third-order valence-electron chi connectivity index (χ3n) is 3.49. The molecule has 1 atom stereocenters. The van der Waals surface area contributed by atoms with Crippen LogP contribution in [0.1, 0.15) is 19.8 Å². The summed E-state index contributed by atoms with van der Waals surface area (Å²) in [7, 11) is 0. The zero-order chi connectivity index (χ0) is 10.7. The lowest BCUT2D eigenvalue weighted by Gasteiger charge is -2.32. The summed E-state index contributed by atoms with van der Waals surface area (Å²) in [6.07, 6.45) is 1.81. The lowest BCUT2D eigenvalue weighted by molar-refractivity contribution is -0.130. The Balaban J connectivity index is 1.83. The van der Waals surface area contributed by atoms with E-state index < -0.39 is 0 Å². The summed E-state index contributed by atoms with van der Waals surface area (Å²) < 4.78 is 0. The normalized spacial score (nSPS) is 28.3. The van der Waals surface area contributed by atoms with Crippen molar-refractivity contribution in [2.75, 3.05) is 39.3 Å². The molecule has 1 N–H and O–H groups in total. The number of nitrogens with one attached hydrogen (secondary N) is 1. The third kappa shape index (κ3) is 2.49. The van der Waals surface area contributed by atoms with Gasteiger partial charge in [0.15, 0.2) is 0 Å². The van der Waals surface area contributed by atoms with Gasteiger partial charge in [0.2, 0.25) is 5.91 Å². The molecule has 0 bridgehead atoms. The molecular formula is C11H21N3O. The molecule has 4 nitrogen and oxygen atoms in total. The van der Waals surface area contributed by atoms with Gasteiger partial charge in [-0.3, -0.25) is 9.69 Å². The molecule has 0 aromatic rings. The van der Waals surface area contributed by atoms with Crippen LogP contribution in [-0.4, -0.2) is 61.0 Å². The fourth-order valence-electron chi connectivity index (χ4n) is 2.54. The van der Waals surface area contributed by atoms with E-state index in [9.17, 15) is 4.79 Å². The summed E-state index contributed by atoms with van der Waals surface area (Å²) in [6.45, 7) is 8.32. The first-order chi connectivity index (χ1) is 7.31. The van der Waals surface area contributed by atoms with Gasteiger partial charge in [0.1, 0.15) is 0 Å². The van der Waals surface area contributed by atoms with Crippen LogP contribution in [0.3, 0.4) is 0 Å². The molecule has 0 saturated carbocycles. The number of likely N-dealkylation sites (tertiary alicyclic amines) is 1. The van der Waals surface area contributed by atoms with Crippen molar-refractivity contribution >= 4 is 5.91 Å². The second-order valence-electron chi connectivity index (χ2n) is 4.42. The summed E-state index contributed by atoms with van der Waals surface area (Å²) in [5.74, 6) is 0.313. The summed E-state index contributed by atoms with van der Waals surface area (Å²) >= 11 is 0. The Bertz CT molecular complexity index is 226. The van der Waals surface area contributed by atoms with Crippen LogP contribution >= 0.6 is 0 Å².